The summed E-state index contributed by atoms with van der Waals surface area (Å²) in [5, 5.41) is 1.80. The summed E-state index contributed by atoms with van der Waals surface area (Å²) in [5.74, 6) is 0. The lowest BCUT2D eigenvalue weighted by atomic mass is 9.96. The summed E-state index contributed by atoms with van der Waals surface area (Å²) in [5.41, 5.74) is 1.69. The molecule has 1 nitrogen and oxygen atoms in total. The van der Waals surface area contributed by atoms with Crippen molar-refractivity contribution in [2.75, 3.05) is 0 Å². The van der Waals surface area contributed by atoms with Gasteiger partial charge in [-0.15, -0.1) is 0 Å². The molecule has 1 saturated carbocycles. The normalized spacial score (nSPS) is 20.5. The zero-order valence-electron chi connectivity index (χ0n) is 14.5. The topological polar surface area (TPSA) is 12.0 Å². The molecule has 0 spiro atoms. The van der Waals surface area contributed by atoms with Crippen molar-refractivity contribution in [3.8, 4) is 0 Å². The Morgan fingerprint density at radius 3 is 2.57 bits per heavy atom. The van der Waals surface area contributed by atoms with E-state index >= 15 is 0 Å². The second-order valence-corrected chi connectivity index (χ2v) is 11.7. The van der Waals surface area contributed by atoms with Crippen molar-refractivity contribution in [3.63, 3.8) is 0 Å². The van der Waals surface area contributed by atoms with Crippen molar-refractivity contribution in [2.45, 2.75) is 96.7 Å². The van der Waals surface area contributed by atoms with Crippen LogP contribution in [0, 0.1) is 0 Å². The van der Waals surface area contributed by atoms with Gasteiger partial charge in [0.2, 0.25) is 0 Å². The quantitative estimate of drug-likeness (QED) is 0.436. The Hall–Kier alpha value is -0.343. The largest absolute Gasteiger partial charge is 0.331 e. The summed E-state index contributed by atoms with van der Waals surface area (Å²) in [6, 6.07) is 0.801. The van der Waals surface area contributed by atoms with Gasteiger partial charge in [-0.2, -0.15) is 0 Å². The SMILES string of the molecule is CCCCCCC1=C([Si](C)(C)NC2CCCCC2)CC=C1. The molecule has 0 bridgehead atoms. The van der Waals surface area contributed by atoms with Crippen LogP contribution in [-0.2, 0) is 0 Å². The molecule has 120 valence electrons. The molecular weight excluding hydrogens is 270 g/mol. The van der Waals surface area contributed by atoms with E-state index in [0.717, 1.165) is 6.04 Å². The highest BCUT2D eigenvalue weighted by Gasteiger charge is 2.31. The summed E-state index contributed by atoms with van der Waals surface area (Å²) < 4.78 is 0. The number of hydrogen-bond acceptors (Lipinski definition) is 1. The molecule has 2 aliphatic rings. The van der Waals surface area contributed by atoms with Crippen molar-refractivity contribution in [1.82, 2.24) is 4.98 Å². The van der Waals surface area contributed by atoms with Crippen LogP contribution in [0.5, 0.6) is 0 Å². The van der Waals surface area contributed by atoms with Crippen LogP contribution in [0.1, 0.15) is 77.6 Å². The summed E-state index contributed by atoms with van der Waals surface area (Å²) >= 11 is 0. The van der Waals surface area contributed by atoms with E-state index in [1.54, 1.807) is 10.8 Å². The van der Waals surface area contributed by atoms with Crippen LogP contribution in [0.3, 0.4) is 0 Å². The number of allylic oxidation sites excluding steroid dienone is 4. The molecular formula is C19H35NSi. The lowest BCUT2D eigenvalue weighted by molar-refractivity contribution is 0.414. The first-order valence-corrected chi connectivity index (χ1v) is 12.3. The van der Waals surface area contributed by atoms with Gasteiger partial charge in [-0.3, -0.25) is 0 Å². The van der Waals surface area contributed by atoms with Gasteiger partial charge in [0, 0.05) is 6.04 Å². The Kier molecular flexibility index (Phi) is 6.75. The minimum atomic E-state index is -1.42. The van der Waals surface area contributed by atoms with Crippen molar-refractivity contribution >= 4 is 8.24 Å². The first-order valence-electron chi connectivity index (χ1n) is 9.30. The van der Waals surface area contributed by atoms with Crippen LogP contribution in [0.15, 0.2) is 22.9 Å². The van der Waals surface area contributed by atoms with Gasteiger partial charge >= 0.3 is 0 Å². The Balaban J connectivity index is 1.92. The molecule has 0 aromatic carbocycles. The third-order valence-electron chi connectivity index (χ3n) is 5.25. The fraction of sp³-hybridized carbons (Fsp3) is 0.789. The summed E-state index contributed by atoms with van der Waals surface area (Å²) in [4.78, 5) is 4.11. The summed E-state index contributed by atoms with van der Waals surface area (Å²) in [6.45, 7) is 7.37. The molecule has 0 saturated heterocycles. The van der Waals surface area contributed by atoms with Crippen molar-refractivity contribution in [1.29, 1.82) is 0 Å². The van der Waals surface area contributed by atoms with Gasteiger partial charge in [0.05, 0.1) is 0 Å². The highest BCUT2D eigenvalue weighted by Crippen LogP contribution is 2.31. The minimum absolute atomic E-state index is 0.801. The molecule has 2 rings (SSSR count). The van der Waals surface area contributed by atoms with Crippen LogP contribution in [0.4, 0.5) is 0 Å². The molecule has 0 aromatic heterocycles. The second kappa shape index (κ2) is 8.33. The first-order chi connectivity index (χ1) is 10.1. The molecule has 0 unspecified atom stereocenters. The number of rotatable bonds is 8. The minimum Gasteiger partial charge on any atom is -0.331 e. The fourth-order valence-electron chi connectivity index (χ4n) is 4.03. The van der Waals surface area contributed by atoms with E-state index in [1.165, 1.54) is 70.6 Å². The van der Waals surface area contributed by atoms with Crippen LogP contribution >= 0.6 is 0 Å². The average Bonchev–Trinajstić information content (AvgIpc) is 2.94. The second-order valence-electron chi connectivity index (χ2n) is 7.53. The maximum atomic E-state index is 4.11. The number of unbranched alkanes of at least 4 members (excludes halogenated alkanes) is 3. The molecule has 1 fully saturated rings. The maximum Gasteiger partial charge on any atom is 0.148 e. The molecule has 0 amide bonds. The number of nitrogens with one attached hydrogen (secondary N) is 1. The molecule has 2 heteroatoms. The zero-order valence-corrected chi connectivity index (χ0v) is 15.5. The smallest absolute Gasteiger partial charge is 0.148 e. The van der Waals surface area contributed by atoms with Gasteiger partial charge in [0.25, 0.3) is 0 Å². The molecule has 0 aliphatic heterocycles. The lowest BCUT2D eigenvalue weighted by Gasteiger charge is -2.34. The van der Waals surface area contributed by atoms with E-state index in [9.17, 15) is 0 Å². The third kappa shape index (κ3) is 5.10. The van der Waals surface area contributed by atoms with E-state index < -0.39 is 8.24 Å². The molecule has 0 aromatic rings. The first kappa shape index (κ1) is 17.0. The maximum absolute atomic E-state index is 4.11. The molecule has 1 N–H and O–H groups in total. The summed E-state index contributed by atoms with van der Waals surface area (Å²) in [7, 11) is -1.42. The van der Waals surface area contributed by atoms with Crippen LogP contribution in [-0.4, -0.2) is 14.3 Å². The Labute approximate surface area is 133 Å². The van der Waals surface area contributed by atoms with Gasteiger partial charge in [-0.25, -0.2) is 0 Å². The predicted octanol–water partition coefficient (Wildman–Crippen LogP) is 5.88. The van der Waals surface area contributed by atoms with E-state index in [1.807, 2.05) is 0 Å². The standard InChI is InChI=1S/C19H35NSi/c1-4-5-6-8-12-17-13-11-16-19(17)21(2,3)20-18-14-9-7-10-15-18/h11,13,18,20H,4-10,12,14-16H2,1-3H3. The predicted molar refractivity (Wildman–Crippen MR) is 97.0 cm³/mol. The molecule has 2 aliphatic carbocycles. The van der Waals surface area contributed by atoms with Crippen LogP contribution in [0.2, 0.25) is 13.1 Å². The highest BCUT2D eigenvalue weighted by molar-refractivity contribution is 6.82. The van der Waals surface area contributed by atoms with Gasteiger partial charge in [-0.05, 0) is 32.1 Å². The molecule has 0 heterocycles. The summed E-state index contributed by atoms with van der Waals surface area (Å²) in [6.07, 6.45) is 20.0. The Morgan fingerprint density at radius 2 is 1.86 bits per heavy atom. The van der Waals surface area contributed by atoms with Crippen molar-refractivity contribution in [2.24, 2.45) is 0 Å². The fourth-order valence-corrected chi connectivity index (χ4v) is 7.15. The Morgan fingerprint density at radius 1 is 1.10 bits per heavy atom. The van der Waals surface area contributed by atoms with E-state index in [2.05, 4.69) is 37.2 Å². The van der Waals surface area contributed by atoms with Crippen LogP contribution < -0.4 is 4.98 Å². The van der Waals surface area contributed by atoms with Gasteiger partial charge in [0.1, 0.15) is 8.24 Å². The van der Waals surface area contributed by atoms with Gasteiger partial charge < -0.3 is 4.98 Å². The van der Waals surface area contributed by atoms with E-state index in [-0.39, 0.29) is 0 Å². The molecule has 0 atom stereocenters. The third-order valence-corrected chi connectivity index (χ3v) is 8.42. The van der Waals surface area contributed by atoms with Crippen molar-refractivity contribution in [3.05, 3.63) is 22.9 Å². The Bertz CT molecular complexity index is 375. The average molecular weight is 306 g/mol. The lowest BCUT2D eigenvalue weighted by Crippen LogP contribution is -2.52. The van der Waals surface area contributed by atoms with E-state index in [0.29, 0.717) is 0 Å². The highest BCUT2D eigenvalue weighted by atomic mass is 28.3. The van der Waals surface area contributed by atoms with Crippen molar-refractivity contribution < 1.29 is 0 Å². The molecule has 21 heavy (non-hydrogen) atoms. The zero-order chi connectivity index (χ0) is 15.1. The monoisotopic (exact) mass is 305 g/mol. The van der Waals surface area contributed by atoms with Gasteiger partial charge in [-0.1, -0.05) is 81.5 Å². The van der Waals surface area contributed by atoms with E-state index in [4.69, 9.17) is 0 Å². The molecule has 0 radical (unpaired) electrons. The number of hydrogen-bond donors (Lipinski definition) is 1. The van der Waals surface area contributed by atoms with Gasteiger partial charge in [0.15, 0.2) is 0 Å². The van der Waals surface area contributed by atoms with Crippen LogP contribution in [0.25, 0.3) is 0 Å².